The topological polar surface area (TPSA) is 54.9 Å². The van der Waals surface area contributed by atoms with Gasteiger partial charge in [-0.1, -0.05) is 0 Å². The van der Waals surface area contributed by atoms with Crippen molar-refractivity contribution in [3.05, 3.63) is 29.8 Å². The molecule has 0 bridgehead atoms. The van der Waals surface area contributed by atoms with Gasteiger partial charge in [-0.3, -0.25) is 5.43 Å². The summed E-state index contributed by atoms with van der Waals surface area (Å²) in [7, 11) is 0. The highest BCUT2D eigenvalue weighted by molar-refractivity contribution is 7.80. The lowest BCUT2D eigenvalue weighted by molar-refractivity contribution is 0.114. The minimum atomic E-state index is 0.264. The van der Waals surface area contributed by atoms with Gasteiger partial charge in [-0.15, -0.1) is 0 Å². The van der Waals surface area contributed by atoms with E-state index in [1.165, 1.54) is 0 Å². The van der Waals surface area contributed by atoms with Crippen LogP contribution in [0.5, 0.6) is 5.75 Å². The summed E-state index contributed by atoms with van der Waals surface area (Å²) in [6, 6.07) is 7.72. The van der Waals surface area contributed by atoms with Crippen LogP contribution in [0.25, 0.3) is 0 Å². The molecule has 2 rings (SSSR count). The van der Waals surface area contributed by atoms with Crippen molar-refractivity contribution in [3.8, 4) is 5.75 Å². The van der Waals surface area contributed by atoms with Crippen LogP contribution in [-0.4, -0.2) is 37.2 Å². The van der Waals surface area contributed by atoms with Gasteiger partial charge in [0.05, 0.1) is 18.9 Å². The van der Waals surface area contributed by atoms with Crippen LogP contribution in [0.1, 0.15) is 25.3 Å². The molecule has 1 fully saturated rings. The quantitative estimate of drug-likeness (QED) is 0.479. The van der Waals surface area contributed by atoms with Crippen LogP contribution in [0.3, 0.4) is 0 Å². The Morgan fingerprint density at radius 1 is 1.48 bits per heavy atom. The van der Waals surface area contributed by atoms with Gasteiger partial charge in [0.1, 0.15) is 5.75 Å². The van der Waals surface area contributed by atoms with Crippen LogP contribution in [0.2, 0.25) is 0 Å². The lowest BCUT2D eigenvalue weighted by Gasteiger charge is -2.11. The molecule has 114 valence electrons. The number of rotatable bonds is 6. The number of benzene rings is 1. The number of nitrogens with zero attached hydrogens (tertiary/aromatic N) is 1. The monoisotopic (exact) mass is 307 g/mol. The Hall–Kier alpha value is -1.66. The molecular weight excluding hydrogens is 286 g/mol. The van der Waals surface area contributed by atoms with E-state index in [2.05, 4.69) is 15.8 Å². The molecule has 1 heterocycles. The summed E-state index contributed by atoms with van der Waals surface area (Å²) in [6.45, 7) is 4.20. The average molecular weight is 307 g/mol. The number of hydrogen-bond acceptors (Lipinski definition) is 4. The van der Waals surface area contributed by atoms with Crippen molar-refractivity contribution in [2.45, 2.75) is 25.9 Å². The van der Waals surface area contributed by atoms with Crippen molar-refractivity contribution in [1.29, 1.82) is 0 Å². The molecule has 5 nitrogen and oxygen atoms in total. The zero-order valence-corrected chi connectivity index (χ0v) is 13.0. The third kappa shape index (κ3) is 5.69. The van der Waals surface area contributed by atoms with Crippen molar-refractivity contribution in [1.82, 2.24) is 10.7 Å². The largest absolute Gasteiger partial charge is 0.494 e. The molecule has 0 aromatic heterocycles. The van der Waals surface area contributed by atoms with Crippen LogP contribution in [0, 0.1) is 0 Å². The first-order chi connectivity index (χ1) is 10.3. The first-order valence-corrected chi connectivity index (χ1v) is 7.60. The molecular formula is C15H21N3O2S. The van der Waals surface area contributed by atoms with E-state index in [0.717, 1.165) is 37.3 Å². The number of hydrazone groups is 1. The number of hydrogen-bond donors (Lipinski definition) is 2. The van der Waals surface area contributed by atoms with E-state index in [0.29, 0.717) is 11.7 Å². The van der Waals surface area contributed by atoms with Crippen molar-refractivity contribution < 1.29 is 9.47 Å². The Morgan fingerprint density at radius 2 is 2.29 bits per heavy atom. The van der Waals surface area contributed by atoms with E-state index in [4.69, 9.17) is 21.7 Å². The van der Waals surface area contributed by atoms with Crippen molar-refractivity contribution in [3.63, 3.8) is 0 Å². The maximum Gasteiger partial charge on any atom is 0.187 e. The second-order valence-corrected chi connectivity index (χ2v) is 5.13. The van der Waals surface area contributed by atoms with Crippen molar-refractivity contribution >= 4 is 23.5 Å². The summed E-state index contributed by atoms with van der Waals surface area (Å²) in [6.07, 6.45) is 4.20. The highest BCUT2D eigenvalue weighted by atomic mass is 32.1. The van der Waals surface area contributed by atoms with Gasteiger partial charge < -0.3 is 14.8 Å². The van der Waals surface area contributed by atoms with Crippen LogP contribution in [0.4, 0.5) is 0 Å². The standard InChI is InChI=1S/C15H21N3O2S/c1-2-19-13-7-5-12(6-8-13)10-17-18-15(21)16-11-14-4-3-9-20-14/h5-8,10,14H,2-4,9,11H2,1H3,(H2,16,18,21)/b17-10-/t14-/m0/s1. The number of thiocarbonyl (C=S) groups is 1. The molecule has 1 aromatic rings. The molecule has 0 amide bonds. The summed E-state index contributed by atoms with van der Waals surface area (Å²) in [5.41, 5.74) is 3.78. The average Bonchev–Trinajstić information content (AvgIpc) is 3.01. The molecule has 21 heavy (non-hydrogen) atoms. The van der Waals surface area contributed by atoms with Gasteiger partial charge in [0, 0.05) is 13.2 Å². The molecule has 1 aromatic carbocycles. The first kappa shape index (κ1) is 15.7. The van der Waals surface area contributed by atoms with Gasteiger partial charge in [-0.05, 0) is 61.8 Å². The SMILES string of the molecule is CCOc1ccc(/C=N\NC(=S)NC[C@@H]2CCCO2)cc1. The molecule has 1 aliphatic heterocycles. The molecule has 0 radical (unpaired) electrons. The Kier molecular flexibility index (Phi) is 6.43. The fraction of sp³-hybridized carbons (Fsp3) is 0.467. The fourth-order valence-corrected chi connectivity index (χ4v) is 2.17. The summed E-state index contributed by atoms with van der Waals surface area (Å²) >= 11 is 5.15. The minimum absolute atomic E-state index is 0.264. The van der Waals surface area contributed by atoms with E-state index in [1.807, 2.05) is 31.2 Å². The molecule has 1 saturated heterocycles. The van der Waals surface area contributed by atoms with Crippen LogP contribution >= 0.6 is 12.2 Å². The lowest BCUT2D eigenvalue weighted by atomic mass is 10.2. The van der Waals surface area contributed by atoms with Gasteiger partial charge >= 0.3 is 0 Å². The highest BCUT2D eigenvalue weighted by Gasteiger charge is 2.14. The van der Waals surface area contributed by atoms with Crippen LogP contribution < -0.4 is 15.5 Å². The third-order valence-corrected chi connectivity index (χ3v) is 3.32. The maximum atomic E-state index is 5.51. The predicted molar refractivity (Wildman–Crippen MR) is 87.9 cm³/mol. The van der Waals surface area contributed by atoms with Crippen LogP contribution in [-0.2, 0) is 4.74 Å². The second-order valence-electron chi connectivity index (χ2n) is 4.72. The van der Waals surface area contributed by atoms with E-state index in [9.17, 15) is 0 Å². The van der Waals surface area contributed by atoms with Crippen LogP contribution in [0.15, 0.2) is 29.4 Å². The third-order valence-electron chi connectivity index (χ3n) is 3.09. The van der Waals surface area contributed by atoms with Crippen molar-refractivity contribution in [2.75, 3.05) is 19.8 Å². The molecule has 1 aliphatic rings. The molecule has 1 atom stereocenters. The molecule has 0 saturated carbocycles. The summed E-state index contributed by atoms with van der Waals surface area (Å²) in [5.74, 6) is 0.858. The maximum absolute atomic E-state index is 5.51. The van der Waals surface area contributed by atoms with E-state index >= 15 is 0 Å². The van der Waals surface area contributed by atoms with Gasteiger partial charge in [0.15, 0.2) is 5.11 Å². The second kappa shape index (κ2) is 8.59. The summed E-state index contributed by atoms with van der Waals surface area (Å²) in [4.78, 5) is 0. The van der Waals surface area contributed by atoms with Gasteiger partial charge in [0.25, 0.3) is 0 Å². The molecule has 2 N–H and O–H groups in total. The molecule has 0 spiro atoms. The minimum Gasteiger partial charge on any atom is -0.494 e. The summed E-state index contributed by atoms with van der Waals surface area (Å²) < 4.78 is 10.9. The van der Waals surface area contributed by atoms with E-state index in [1.54, 1.807) is 6.21 Å². The Morgan fingerprint density at radius 3 is 2.95 bits per heavy atom. The lowest BCUT2D eigenvalue weighted by Crippen LogP contribution is -2.37. The Labute approximate surface area is 130 Å². The smallest absolute Gasteiger partial charge is 0.187 e. The Balaban J connectivity index is 1.69. The van der Waals surface area contributed by atoms with E-state index in [-0.39, 0.29) is 6.10 Å². The first-order valence-electron chi connectivity index (χ1n) is 7.19. The zero-order chi connectivity index (χ0) is 14.9. The normalized spacial score (nSPS) is 17.9. The number of nitrogens with one attached hydrogen (secondary N) is 2. The van der Waals surface area contributed by atoms with Gasteiger partial charge in [-0.25, -0.2) is 0 Å². The molecule has 0 unspecified atom stereocenters. The fourth-order valence-electron chi connectivity index (χ4n) is 2.03. The summed E-state index contributed by atoms with van der Waals surface area (Å²) in [5, 5.41) is 7.71. The van der Waals surface area contributed by atoms with Crippen molar-refractivity contribution in [2.24, 2.45) is 5.10 Å². The molecule has 6 heteroatoms. The molecule has 0 aliphatic carbocycles. The van der Waals surface area contributed by atoms with Gasteiger partial charge in [-0.2, -0.15) is 5.10 Å². The zero-order valence-electron chi connectivity index (χ0n) is 12.2. The predicted octanol–water partition coefficient (Wildman–Crippen LogP) is 2.06. The number of ether oxygens (including phenoxy) is 2. The highest BCUT2D eigenvalue weighted by Crippen LogP contribution is 2.11. The Bertz CT molecular complexity index is 470. The van der Waals surface area contributed by atoms with Gasteiger partial charge in [0.2, 0.25) is 0 Å². The van der Waals surface area contributed by atoms with E-state index < -0.39 is 0 Å².